The Labute approximate surface area is 163 Å². The summed E-state index contributed by atoms with van der Waals surface area (Å²) in [6.07, 6.45) is 4.42. The maximum atomic E-state index is 12.7. The summed E-state index contributed by atoms with van der Waals surface area (Å²) < 4.78 is 0. The number of piperidine rings is 1. The van der Waals surface area contributed by atoms with Crippen LogP contribution in [0.25, 0.3) is 11.4 Å². The first kappa shape index (κ1) is 17.9. The number of likely N-dealkylation sites (tertiary alicyclic amines) is 1. The Hall–Kier alpha value is -2.53. The van der Waals surface area contributed by atoms with E-state index in [2.05, 4.69) is 24.0 Å². The van der Waals surface area contributed by atoms with Crippen molar-refractivity contribution in [2.75, 3.05) is 13.1 Å². The maximum absolute atomic E-state index is 12.7. The van der Waals surface area contributed by atoms with Crippen molar-refractivity contribution < 1.29 is 4.79 Å². The van der Waals surface area contributed by atoms with Crippen LogP contribution in [0.4, 0.5) is 0 Å². The van der Waals surface area contributed by atoms with E-state index < -0.39 is 0 Å². The van der Waals surface area contributed by atoms with Gasteiger partial charge in [0.25, 0.3) is 0 Å². The second-order valence-electron chi connectivity index (χ2n) is 7.11. The molecule has 0 aliphatic carbocycles. The lowest BCUT2D eigenvalue weighted by atomic mass is 9.94. The highest BCUT2D eigenvalue weighted by molar-refractivity contribution is 7.10. The summed E-state index contributed by atoms with van der Waals surface area (Å²) >= 11 is 1.65. The molecule has 3 aromatic rings. The molecule has 0 bridgehead atoms. The molecule has 3 heterocycles. The Morgan fingerprint density at radius 2 is 2.19 bits per heavy atom. The van der Waals surface area contributed by atoms with Gasteiger partial charge in [0.05, 0.1) is 6.42 Å². The van der Waals surface area contributed by atoms with E-state index in [1.54, 1.807) is 11.3 Å². The standard InChI is InChI=1S/C22H23N3OS/c1-16-5-2-6-17(13-16)22-23-10-9-20(24-22)18-7-3-11-25(15-18)21(26)14-19-8-4-12-27-19/h2,4-6,8-10,12-13,18H,3,7,11,14-15H2,1H3/t18-/m1/s1. The van der Waals surface area contributed by atoms with Gasteiger partial charge in [-0.15, -0.1) is 11.3 Å². The highest BCUT2D eigenvalue weighted by Crippen LogP contribution is 2.27. The van der Waals surface area contributed by atoms with Gasteiger partial charge in [-0.1, -0.05) is 29.8 Å². The van der Waals surface area contributed by atoms with E-state index in [4.69, 9.17) is 4.98 Å². The van der Waals surface area contributed by atoms with Crippen molar-refractivity contribution in [1.82, 2.24) is 14.9 Å². The van der Waals surface area contributed by atoms with Crippen molar-refractivity contribution in [2.45, 2.75) is 32.1 Å². The van der Waals surface area contributed by atoms with E-state index in [0.29, 0.717) is 6.42 Å². The number of hydrogen-bond acceptors (Lipinski definition) is 4. The maximum Gasteiger partial charge on any atom is 0.227 e. The van der Waals surface area contributed by atoms with Crippen molar-refractivity contribution in [2.24, 2.45) is 0 Å². The Morgan fingerprint density at radius 1 is 1.26 bits per heavy atom. The van der Waals surface area contributed by atoms with Crippen molar-refractivity contribution in [3.8, 4) is 11.4 Å². The molecule has 4 nitrogen and oxygen atoms in total. The first-order chi connectivity index (χ1) is 13.2. The minimum Gasteiger partial charge on any atom is -0.342 e. The van der Waals surface area contributed by atoms with Gasteiger partial charge in [-0.05, 0) is 43.3 Å². The topological polar surface area (TPSA) is 46.1 Å². The number of aryl methyl sites for hydroxylation is 1. The predicted octanol–water partition coefficient (Wildman–Crippen LogP) is 4.46. The highest BCUT2D eigenvalue weighted by atomic mass is 32.1. The zero-order valence-electron chi connectivity index (χ0n) is 15.5. The molecule has 0 radical (unpaired) electrons. The van der Waals surface area contributed by atoms with Crippen molar-refractivity contribution >= 4 is 17.2 Å². The number of hydrogen-bond donors (Lipinski definition) is 0. The molecule has 0 unspecified atom stereocenters. The number of amides is 1. The molecule has 1 aliphatic heterocycles. The molecule has 138 valence electrons. The first-order valence-electron chi connectivity index (χ1n) is 9.39. The summed E-state index contributed by atoms with van der Waals surface area (Å²) in [5, 5.41) is 2.02. The fourth-order valence-corrected chi connectivity index (χ4v) is 4.34. The minimum atomic E-state index is 0.218. The first-order valence-corrected chi connectivity index (χ1v) is 10.3. The van der Waals surface area contributed by atoms with Crippen LogP contribution in [-0.2, 0) is 11.2 Å². The lowest BCUT2D eigenvalue weighted by molar-refractivity contribution is -0.131. The zero-order chi connectivity index (χ0) is 18.6. The number of aromatic nitrogens is 2. The Balaban J connectivity index is 1.49. The number of thiophene rings is 1. The molecule has 1 aromatic carbocycles. The number of carbonyl (C=O) groups is 1. The predicted molar refractivity (Wildman–Crippen MR) is 109 cm³/mol. The van der Waals surface area contributed by atoms with E-state index in [1.807, 2.05) is 46.8 Å². The second-order valence-corrected chi connectivity index (χ2v) is 8.14. The fraction of sp³-hybridized carbons (Fsp3) is 0.318. The molecular weight excluding hydrogens is 354 g/mol. The lowest BCUT2D eigenvalue weighted by Gasteiger charge is -2.32. The molecule has 1 saturated heterocycles. The van der Waals surface area contributed by atoms with Crippen molar-refractivity contribution in [1.29, 1.82) is 0 Å². The second kappa shape index (κ2) is 8.01. The molecule has 0 spiro atoms. The fourth-order valence-electron chi connectivity index (χ4n) is 3.64. The van der Waals surface area contributed by atoms with Gasteiger partial charge in [0.2, 0.25) is 5.91 Å². The lowest BCUT2D eigenvalue weighted by Crippen LogP contribution is -2.40. The van der Waals surface area contributed by atoms with Crippen LogP contribution in [0.2, 0.25) is 0 Å². The molecule has 5 heteroatoms. The van der Waals surface area contributed by atoms with Gasteiger partial charge in [0.15, 0.2) is 5.82 Å². The molecule has 1 amide bonds. The molecular formula is C22H23N3OS. The minimum absolute atomic E-state index is 0.218. The third-order valence-corrected chi connectivity index (χ3v) is 5.93. The Kier molecular flexibility index (Phi) is 5.30. The molecule has 1 fully saturated rings. The van der Waals surface area contributed by atoms with Crippen molar-refractivity contribution in [3.05, 3.63) is 70.2 Å². The monoisotopic (exact) mass is 377 g/mol. The molecule has 0 N–H and O–H groups in total. The van der Waals surface area contributed by atoms with Gasteiger partial charge >= 0.3 is 0 Å². The summed E-state index contributed by atoms with van der Waals surface area (Å²) in [7, 11) is 0. The Bertz CT molecular complexity index is 923. The highest BCUT2D eigenvalue weighted by Gasteiger charge is 2.26. The average Bonchev–Trinajstić information content (AvgIpc) is 3.21. The van der Waals surface area contributed by atoms with E-state index in [-0.39, 0.29) is 11.8 Å². The van der Waals surface area contributed by atoms with Gasteiger partial charge in [0, 0.05) is 41.3 Å². The van der Waals surface area contributed by atoms with Crippen LogP contribution in [0.3, 0.4) is 0 Å². The van der Waals surface area contributed by atoms with Gasteiger partial charge in [-0.2, -0.15) is 0 Å². The normalized spacial score (nSPS) is 17.1. The third-order valence-electron chi connectivity index (χ3n) is 5.05. The average molecular weight is 378 g/mol. The van der Waals surface area contributed by atoms with Crippen LogP contribution >= 0.6 is 11.3 Å². The molecule has 4 rings (SSSR count). The number of rotatable bonds is 4. The third kappa shape index (κ3) is 4.25. The molecule has 1 atom stereocenters. The molecule has 27 heavy (non-hydrogen) atoms. The summed E-state index contributed by atoms with van der Waals surface area (Å²) in [4.78, 5) is 25.1. The molecule has 1 aliphatic rings. The van der Waals surface area contributed by atoms with E-state index in [9.17, 15) is 4.79 Å². The largest absolute Gasteiger partial charge is 0.342 e. The summed E-state index contributed by atoms with van der Waals surface area (Å²) in [6.45, 7) is 3.66. The number of benzene rings is 1. The summed E-state index contributed by atoms with van der Waals surface area (Å²) in [6, 6.07) is 14.3. The van der Waals surface area contributed by atoms with Gasteiger partial charge < -0.3 is 4.90 Å². The van der Waals surface area contributed by atoms with Gasteiger partial charge in [-0.25, -0.2) is 9.97 Å². The quantitative estimate of drug-likeness (QED) is 0.674. The van der Waals surface area contributed by atoms with Crippen LogP contribution in [0, 0.1) is 6.92 Å². The number of nitrogens with zero attached hydrogens (tertiary/aromatic N) is 3. The summed E-state index contributed by atoms with van der Waals surface area (Å²) in [5.74, 6) is 1.26. The molecule has 0 saturated carbocycles. The molecule has 2 aromatic heterocycles. The van der Waals surface area contributed by atoms with E-state index in [1.165, 1.54) is 5.56 Å². The van der Waals surface area contributed by atoms with E-state index >= 15 is 0 Å². The van der Waals surface area contributed by atoms with Gasteiger partial charge in [-0.3, -0.25) is 4.79 Å². The smallest absolute Gasteiger partial charge is 0.227 e. The summed E-state index contributed by atoms with van der Waals surface area (Å²) in [5.41, 5.74) is 3.28. The van der Waals surface area contributed by atoms with Gasteiger partial charge in [0.1, 0.15) is 0 Å². The van der Waals surface area contributed by atoms with Crippen LogP contribution in [0.5, 0.6) is 0 Å². The van der Waals surface area contributed by atoms with Crippen molar-refractivity contribution in [3.63, 3.8) is 0 Å². The van der Waals surface area contributed by atoms with Crippen LogP contribution in [0.15, 0.2) is 54.0 Å². The van der Waals surface area contributed by atoms with Crippen LogP contribution in [0.1, 0.15) is 34.9 Å². The Morgan fingerprint density at radius 3 is 3.00 bits per heavy atom. The van der Waals surface area contributed by atoms with Crippen LogP contribution < -0.4 is 0 Å². The zero-order valence-corrected chi connectivity index (χ0v) is 16.3. The SMILES string of the molecule is Cc1cccc(-c2nccc([C@@H]3CCCN(C(=O)Cc4cccs4)C3)n2)c1. The number of carbonyl (C=O) groups excluding carboxylic acids is 1. The van der Waals surface area contributed by atoms with E-state index in [0.717, 1.165) is 47.9 Å². The van der Waals surface area contributed by atoms with Crippen LogP contribution in [-0.4, -0.2) is 33.9 Å².